The van der Waals surface area contributed by atoms with Gasteiger partial charge in [0.05, 0.1) is 17.4 Å². The van der Waals surface area contributed by atoms with Crippen LogP contribution in [-0.4, -0.2) is 37.2 Å². The second-order valence-corrected chi connectivity index (χ2v) is 7.62. The van der Waals surface area contributed by atoms with Gasteiger partial charge in [0, 0.05) is 18.5 Å². The molecule has 6 heteroatoms. The molecule has 160 valence electrons. The molecule has 1 aliphatic heterocycles. The topological polar surface area (TPSA) is 76.7 Å². The fraction of sp³-hybridized carbons (Fsp3) is 0.280. The van der Waals surface area contributed by atoms with Gasteiger partial charge in [0.25, 0.3) is 11.8 Å². The van der Waals surface area contributed by atoms with E-state index in [0.29, 0.717) is 23.5 Å². The fourth-order valence-electron chi connectivity index (χ4n) is 3.67. The smallest absolute Gasteiger partial charge is 0.265 e. The molecule has 0 aliphatic carbocycles. The van der Waals surface area contributed by atoms with E-state index < -0.39 is 6.10 Å². The van der Waals surface area contributed by atoms with Crippen LogP contribution in [0, 0.1) is 0 Å². The lowest BCUT2D eigenvalue weighted by Gasteiger charge is -2.18. The van der Waals surface area contributed by atoms with E-state index in [1.54, 1.807) is 31.2 Å². The van der Waals surface area contributed by atoms with Crippen LogP contribution in [0.3, 0.4) is 0 Å². The molecule has 1 aliphatic rings. The molecule has 3 aromatic rings. The number of benzene rings is 3. The molecule has 0 bridgehead atoms. The summed E-state index contributed by atoms with van der Waals surface area (Å²) in [6.45, 7) is 2.89. The van der Waals surface area contributed by atoms with Crippen LogP contribution in [0.1, 0.15) is 30.1 Å². The molecule has 1 fully saturated rings. The summed E-state index contributed by atoms with van der Waals surface area (Å²) >= 11 is 0. The summed E-state index contributed by atoms with van der Waals surface area (Å²) in [5, 5.41) is 7.71. The molecule has 0 saturated carbocycles. The van der Waals surface area contributed by atoms with Crippen LogP contribution < -0.4 is 15.4 Å². The Labute approximate surface area is 181 Å². The minimum absolute atomic E-state index is 0.0554. The Morgan fingerprint density at radius 1 is 1.06 bits per heavy atom. The van der Waals surface area contributed by atoms with Gasteiger partial charge in [-0.15, -0.1) is 0 Å². The first kappa shape index (κ1) is 20.9. The van der Waals surface area contributed by atoms with E-state index in [4.69, 9.17) is 9.47 Å². The highest BCUT2D eigenvalue weighted by Crippen LogP contribution is 2.26. The molecular weight excluding hydrogens is 392 g/mol. The van der Waals surface area contributed by atoms with E-state index in [-0.39, 0.29) is 17.9 Å². The number of anilines is 1. The fourth-order valence-corrected chi connectivity index (χ4v) is 3.67. The summed E-state index contributed by atoms with van der Waals surface area (Å²) in [5.74, 6) is 0.0738. The number of carbonyl (C=O) groups is 2. The molecular formula is C25H26N2O4. The number of hydrogen-bond donors (Lipinski definition) is 2. The van der Waals surface area contributed by atoms with Crippen molar-refractivity contribution in [3.05, 3.63) is 72.3 Å². The Balaban J connectivity index is 1.42. The molecule has 2 unspecified atom stereocenters. The normalized spacial score (nSPS) is 16.6. The zero-order valence-electron chi connectivity index (χ0n) is 17.5. The molecule has 0 spiro atoms. The van der Waals surface area contributed by atoms with E-state index in [1.807, 2.05) is 42.5 Å². The maximum Gasteiger partial charge on any atom is 0.265 e. The Bertz CT molecular complexity index is 1070. The third-order valence-corrected chi connectivity index (χ3v) is 5.37. The zero-order valence-corrected chi connectivity index (χ0v) is 17.5. The summed E-state index contributed by atoms with van der Waals surface area (Å²) < 4.78 is 11.5. The highest BCUT2D eigenvalue weighted by molar-refractivity contribution is 6.04. The van der Waals surface area contributed by atoms with E-state index in [0.717, 1.165) is 30.2 Å². The first-order valence-corrected chi connectivity index (χ1v) is 10.6. The molecule has 0 radical (unpaired) electrons. The number of nitrogens with one attached hydrogen (secondary N) is 2. The van der Waals surface area contributed by atoms with Crippen molar-refractivity contribution in [2.75, 3.05) is 18.5 Å². The van der Waals surface area contributed by atoms with Gasteiger partial charge in [0.1, 0.15) is 5.75 Å². The quantitative estimate of drug-likeness (QED) is 0.604. The highest BCUT2D eigenvalue weighted by Gasteiger charge is 2.21. The average Bonchev–Trinajstić information content (AvgIpc) is 3.32. The minimum atomic E-state index is -0.742. The van der Waals surface area contributed by atoms with Gasteiger partial charge in [0.2, 0.25) is 0 Å². The van der Waals surface area contributed by atoms with Crippen LogP contribution in [0.2, 0.25) is 0 Å². The van der Waals surface area contributed by atoms with Gasteiger partial charge in [-0.3, -0.25) is 9.59 Å². The predicted molar refractivity (Wildman–Crippen MR) is 120 cm³/mol. The van der Waals surface area contributed by atoms with Crippen molar-refractivity contribution in [3.8, 4) is 5.75 Å². The van der Waals surface area contributed by atoms with Crippen molar-refractivity contribution in [3.63, 3.8) is 0 Å². The van der Waals surface area contributed by atoms with Gasteiger partial charge in [-0.1, -0.05) is 48.5 Å². The van der Waals surface area contributed by atoms with E-state index in [1.165, 1.54) is 0 Å². The van der Waals surface area contributed by atoms with Crippen molar-refractivity contribution >= 4 is 28.3 Å². The van der Waals surface area contributed by atoms with Gasteiger partial charge in [-0.05, 0) is 43.4 Å². The first-order chi connectivity index (χ1) is 15.1. The molecule has 6 nitrogen and oxygen atoms in total. The number of amides is 2. The van der Waals surface area contributed by atoms with Crippen molar-refractivity contribution in [2.45, 2.75) is 32.0 Å². The zero-order chi connectivity index (χ0) is 21.6. The first-order valence-electron chi connectivity index (χ1n) is 10.6. The van der Waals surface area contributed by atoms with Crippen LogP contribution >= 0.6 is 0 Å². The third-order valence-electron chi connectivity index (χ3n) is 5.37. The molecule has 0 aromatic heterocycles. The maximum atomic E-state index is 12.8. The number of fused-ring (bicyclic) bond motifs is 1. The van der Waals surface area contributed by atoms with Gasteiger partial charge in [0.15, 0.2) is 6.10 Å². The Morgan fingerprint density at radius 3 is 2.68 bits per heavy atom. The lowest BCUT2D eigenvalue weighted by molar-refractivity contribution is -0.122. The lowest BCUT2D eigenvalue weighted by Crippen LogP contribution is -2.34. The van der Waals surface area contributed by atoms with Crippen molar-refractivity contribution < 1.29 is 19.1 Å². The monoisotopic (exact) mass is 418 g/mol. The molecule has 3 aromatic carbocycles. The van der Waals surface area contributed by atoms with Crippen LogP contribution in [0.15, 0.2) is 66.7 Å². The minimum Gasteiger partial charge on any atom is -0.480 e. The van der Waals surface area contributed by atoms with Gasteiger partial charge < -0.3 is 20.1 Å². The van der Waals surface area contributed by atoms with Crippen molar-refractivity contribution in [1.82, 2.24) is 5.32 Å². The summed E-state index contributed by atoms with van der Waals surface area (Å²) in [6, 6.07) is 20.6. The van der Waals surface area contributed by atoms with Crippen molar-refractivity contribution in [2.24, 2.45) is 0 Å². The molecule has 2 N–H and O–H groups in total. The average molecular weight is 418 g/mol. The highest BCUT2D eigenvalue weighted by atomic mass is 16.5. The Kier molecular flexibility index (Phi) is 6.48. The van der Waals surface area contributed by atoms with E-state index >= 15 is 0 Å². The maximum absolute atomic E-state index is 12.8. The SMILES string of the molecule is CC(Oc1cccc2ccccc12)C(=O)Nc1ccccc1C(=O)NCC1CCCO1. The predicted octanol–water partition coefficient (Wildman–Crippen LogP) is 4.15. The molecule has 4 rings (SSSR count). The van der Waals surface area contributed by atoms with E-state index in [2.05, 4.69) is 10.6 Å². The number of hydrogen-bond acceptors (Lipinski definition) is 4. The molecule has 2 amide bonds. The van der Waals surface area contributed by atoms with Gasteiger partial charge >= 0.3 is 0 Å². The summed E-state index contributed by atoms with van der Waals surface area (Å²) in [6.07, 6.45) is 1.28. The van der Waals surface area contributed by atoms with Crippen LogP contribution in [0.4, 0.5) is 5.69 Å². The van der Waals surface area contributed by atoms with Gasteiger partial charge in [-0.2, -0.15) is 0 Å². The summed E-state index contributed by atoms with van der Waals surface area (Å²) in [5.41, 5.74) is 0.858. The second-order valence-electron chi connectivity index (χ2n) is 7.62. The van der Waals surface area contributed by atoms with E-state index in [9.17, 15) is 9.59 Å². The summed E-state index contributed by atoms with van der Waals surface area (Å²) in [4.78, 5) is 25.5. The van der Waals surface area contributed by atoms with Crippen molar-refractivity contribution in [1.29, 1.82) is 0 Å². The number of rotatable bonds is 7. The van der Waals surface area contributed by atoms with Crippen LogP contribution in [0.25, 0.3) is 10.8 Å². The standard InChI is InChI=1S/C25H26N2O4/c1-17(31-23-14-6-9-18-8-2-3-11-20(18)23)24(28)27-22-13-5-4-12-21(22)25(29)26-16-19-10-7-15-30-19/h2-6,8-9,11-14,17,19H,7,10,15-16H2,1H3,(H,26,29)(H,27,28). The Hall–Kier alpha value is -3.38. The number of carbonyl (C=O) groups excluding carboxylic acids is 2. The second kappa shape index (κ2) is 9.62. The van der Waals surface area contributed by atoms with Crippen LogP contribution in [-0.2, 0) is 9.53 Å². The molecule has 1 heterocycles. The lowest BCUT2D eigenvalue weighted by atomic mass is 10.1. The summed E-state index contributed by atoms with van der Waals surface area (Å²) in [7, 11) is 0. The molecule has 31 heavy (non-hydrogen) atoms. The molecule has 1 saturated heterocycles. The third kappa shape index (κ3) is 5.03. The molecule has 2 atom stereocenters. The van der Waals surface area contributed by atoms with Crippen LogP contribution in [0.5, 0.6) is 5.75 Å². The largest absolute Gasteiger partial charge is 0.480 e. The number of para-hydroxylation sites is 1. The Morgan fingerprint density at radius 2 is 1.84 bits per heavy atom. The van der Waals surface area contributed by atoms with Gasteiger partial charge in [-0.25, -0.2) is 0 Å². The number of ether oxygens (including phenoxy) is 2.